The second-order valence-corrected chi connectivity index (χ2v) is 8.31. The van der Waals surface area contributed by atoms with Gasteiger partial charge in [-0.1, -0.05) is 46.3 Å². The van der Waals surface area contributed by atoms with Gasteiger partial charge in [-0.25, -0.2) is 4.98 Å². The number of hydrogen-bond acceptors (Lipinski definition) is 5. The van der Waals surface area contributed by atoms with Crippen molar-refractivity contribution in [3.05, 3.63) is 88.4 Å². The van der Waals surface area contributed by atoms with Crippen molar-refractivity contribution in [1.82, 2.24) is 14.5 Å². The number of halogens is 1. The molecular formula is C24H22BrN3O4. The molecular weight excluding hydrogens is 474 g/mol. The van der Waals surface area contributed by atoms with E-state index in [4.69, 9.17) is 4.74 Å². The summed E-state index contributed by atoms with van der Waals surface area (Å²) in [6, 6.07) is 13.4. The summed E-state index contributed by atoms with van der Waals surface area (Å²) < 4.78 is 8.27. The second-order valence-electron chi connectivity index (χ2n) is 7.40. The highest BCUT2D eigenvalue weighted by Crippen LogP contribution is 2.42. The van der Waals surface area contributed by atoms with E-state index in [1.54, 1.807) is 50.0 Å². The fourth-order valence-corrected chi connectivity index (χ4v) is 4.20. The molecule has 4 rings (SSSR count). The average Bonchev–Trinajstić information content (AvgIpc) is 3.41. The Morgan fingerprint density at radius 1 is 1.12 bits per heavy atom. The number of benzene rings is 2. The molecule has 0 saturated carbocycles. The van der Waals surface area contributed by atoms with Crippen molar-refractivity contribution >= 4 is 33.4 Å². The Morgan fingerprint density at radius 3 is 2.56 bits per heavy atom. The second kappa shape index (κ2) is 9.40. The van der Waals surface area contributed by atoms with Gasteiger partial charge in [0, 0.05) is 41.1 Å². The Labute approximate surface area is 194 Å². The van der Waals surface area contributed by atoms with E-state index < -0.39 is 17.7 Å². The summed E-state index contributed by atoms with van der Waals surface area (Å²) in [6.07, 6.45) is 5.87. The van der Waals surface area contributed by atoms with E-state index in [-0.39, 0.29) is 11.3 Å². The number of aliphatic hydroxyl groups is 1. The normalized spacial score (nSPS) is 17.7. The molecule has 1 aliphatic heterocycles. The first-order chi connectivity index (χ1) is 15.5. The molecule has 3 aromatic rings. The number of nitrogens with zero attached hydrogens (tertiary/aromatic N) is 3. The molecule has 1 aliphatic rings. The molecule has 1 atom stereocenters. The maximum atomic E-state index is 13.1. The van der Waals surface area contributed by atoms with Crippen LogP contribution in [0.5, 0.6) is 5.75 Å². The number of likely N-dealkylation sites (tertiary alicyclic amines) is 1. The molecule has 0 radical (unpaired) electrons. The van der Waals surface area contributed by atoms with Crippen molar-refractivity contribution in [3.63, 3.8) is 0 Å². The van der Waals surface area contributed by atoms with Gasteiger partial charge in [0.1, 0.15) is 11.5 Å². The Hall–Kier alpha value is -3.39. The number of ketones is 1. The van der Waals surface area contributed by atoms with Gasteiger partial charge in [0.15, 0.2) is 0 Å². The minimum Gasteiger partial charge on any atom is -0.507 e. The van der Waals surface area contributed by atoms with Crippen molar-refractivity contribution < 1.29 is 19.4 Å². The lowest BCUT2D eigenvalue weighted by atomic mass is 9.94. The van der Waals surface area contributed by atoms with Crippen LogP contribution < -0.4 is 4.74 Å². The van der Waals surface area contributed by atoms with Gasteiger partial charge in [0.2, 0.25) is 0 Å². The predicted octanol–water partition coefficient (Wildman–Crippen LogP) is 4.17. The van der Waals surface area contributed by atoms with Crippen molar-refractivity contribution in [3.8, 4) is 5.75 Å². The lowest BCUT2D eigenvalue weighted by Gasteiger charge is -2.26. The van der Waals surface area contributed by atoms with E-state index in [1.165, 1.54) is 4.90 Å². The maximum Gasteiger partial charge on any atom is 0.295 e. The van der Waals surface area contributed by atoms with Crippen LogP contribution in [0.4, 0.5) is 0 Å². The quantitative estimate of drug-likeness (QED) is 0.302. The van der Waals surface area contributed by atoms with Crippen molar-refractivity contribution in [2.24, 2.45) is 0 Å². The molecule has 2 aromatic carbocycles. The lowest BCUT2D eigenvalue weighted by molar-refractivity contribution is -0.140. The standard InChI is InChI=1S/C24H22BrN3O4/c1-32-19-6-3-2-5-18(19)21-20(22(29)16-7-9-17(25)10-8-16)23(30)24(31)28(21)13-4-12-27-14-11-26-15-27/h2-3,5-11,14-15,21,29H,4,12-13H2,1H3/b22-20+/t21-/m1/s1. The number of amides is 1. The summed E-state index contributed by atoms with van der Waals surface area (Å²) in [5.41, 5.74) is 1.17. The Bertz CT molecular complexity index is 1160. The molecule has 0 bridgehead atoms. The predicted molar refractivity (Wildman–Crippen MR) is 123 cm³/mol. The molecule has 0 unspecified atom stereocenters. The molecule has 8 heteroatoms. The third-order valence-electron chi connectivity index (χ3n) is 5.47. The summed E-state index contributed by atoms with van der Waals surface area (Å²) in [7, 11) is 1.54. The summed E-state index contributed by atoms with van der Waals surface area (Å²) in [5.74, 6) is -1.00. The number of rotatable bonds is 7. The third kappa shape index (κ3) is 4.18. The molecule has 1 saturated heterocycles. The average molecular weight is 496 g/mol. The van der Waals surface area contributed by atoms with Gasteiger partial charge < -0.3 is 19.3 Å². The van der Waals surface area contributed by atoms with Crippen LogP contribution >= 0.6 is 15.9 Å². The molecule has 0 aliphatic carbocycles. The first-order valence-corrected chi connectivity index (χ1v) is 10.9. The van der Waals surface area contributed by atoms with E-state index in [9.17, 15) is 14.7 Å². The van der Waals surface area contributed by atoms with Crippen LogP contribution in [0.25, 0.3) is 5.76 Å². The van der Waals surface area contributed by atoms with E-state index in [2.05, 4.69) is 20.9 Å². The number of carbonyl (C=O) groups excluding carboxylic acids is 2. The molecule has 1 amide bonds. The van der Waals surface area contributed by atoms with Gasteiger partial charge in [0.05, 0.1) is 25.1 Å². The zero-order valence-corrected chi connectivity index (χ0v) is 19.0. The number of methoxy groups -OCH3 is 1. The minimum absolute atomic E-state index is 0.0597. The monoisotopic (exact) mass is 495 g/mol. The van der Waals surface area contributed by atoms with Gasteiger partial charge in [-0.15, -0.1) is 0 Å². The summed E-state index contributed by atoms with van der Waals surface area (Å²) in [5, 5.41) is 11.1. The third-order valence-corrected chi connectivity index (χ3v) is 5.99. The largest absolute Gasteiger partial charge is 0.507 e. The van der Waals surface area contributed by atoms with Gasteiger partial charge in [-0.05, 0) is 24.6 Å². The number of aliphatic hydroxyl groups excluding tert-OH is 1. The number of para-hydroxylation sites is 1. The van der Waals surface area contributed by atoms with Crippen LogP contribution in [0.2, 0.25) is 0 Å². The van der Waals surface area contributed by atoms with Crippen LogP contribution in [0.3, 0.4) is 0 Å². The fraction of sp³-hybridized carbons (Fsp3) is 0.208. The zero-order valence-electron chi connectivity index (χ0n) is 17.4. The molecule has 1 fully saturated rings. The number of aryl methyl sites for hydroxylation is 1. The van der Waals surface area contributed by atoms with Crippen LogP contribution in [0.15, 0.2) is 77.3 Å². The molecule has 1 N–H and O–H groups in total. The Balaban J connectivity index is 1.77. The molecule has 0 spiro atoms. The Kier molecular flexibility index (Phi) is 6.41. The smallest absolute Gasteiger partial charge is 0.295 e. The van der Waals surface area contributed by atoms with Crippen LogP contribution in [0.1, 0.15) is 23.6 Å². The molecule has 7 nitrogen and oxygen atoms in total. The van der Waals surface area contributed by atoms with Gasteiger partial charge in [0.25, 0.3) is 11.7 Å². The van der Waals surface area contributed by atoms with E-state index in [0.717, 1.165) is 4.47 Å². The zero-order chi connectivity index (χ0) is 22.7. The fourth-order valence-electron chi connectivity index (χ4n) is 3.93. The van der Waals surface area contributed by atoms with Gasteiger partial charge in [-0.2, -0.15) is 0 Å². The summed E-state index contributed by atoms with van der Waals surface area (Å²) in [4.78, 5) is 31.7. The maximum absolute atomic E-state index is 13.1. The van der Waals surface area contributed by atoms with Crippen molar-refractivity contribution in [2.45, 2.75) is 19.0 Å². The summed E-state index contributed by atoms with van der Waals surface area (Å²) in [6.45, 7) is 0.983. The van der Waals surface area contributed by atoms with E-state index >= 15 is 0 Å². The molecule has 32 heavy (non-hydrogen) atoms. The minimum atomic E-state index is -0.752. The van der Waals surface area contributed by atoms with Gasteiger partial charge >= 0.3 is 0 Å². The number of ether oxygens (including phenoxy) is 1. The van der Waals surface area contributed by atoms with Gasteiger partial charge in [-0.3, -0.25) is 9.59 Å². The number of carbonyl (C=O) groups is 2. The van der Waals surface area contributed by atoms with Crippen molar-refractivity contribution in [1.29, 1.82) is 0 Å². The molecule has 164 valence electrons. The first kappa shape index (κ1) is 21.8. The van der Waals surface area contributed by atoms with Crippen LogP contribution in [-0.2, 0) is 16.1 Å². The Morgan fingerprint density at radius 2 is 1.88 bits per heavy atom. The van der Waals surface area contributed by atoms with Crippen LogP contribution in [-0.4, -0.2) is 44.9 Å². The SMILES string of the molecule is COc1ccccc1[C@@H]1/C(=C(\O)c2ccc(Br)cc2)C(=O)C(=O)N1CCCn1ccnc1. The number of Topliss-reactive ketones (excluding diaryl/α,β-unsaturated/α-hetero) is 1. The summed E-state index contributed by atoms with van der Waals surface area (Å²) >= 11 is 3.37. The lowest BCUT2D eigenvalue weighted by Crippen LogP contribution is -2.31. The highest BCUT2D eigenvalue weighted by molar-refractivity contribution is 9.10. The number of aromatic nitrogens is 2. The van der Waals surface area contributed by atoms with Crippen molar-refractivity contribution in [2.75, 3.05) is 13.7 Å². The number of imidazole rings is 1. The first-order valence-electron chi connectivity index (χ1n) is 10.1. The van der Waals surface area contributed by atoms with E-state index in [1.807, 2.05) is 29.0 Å². The highest BCUT2D eigenvalue weighted by Gasteiger charge is 2.46. The van der Waals surface area contributed by atoms with E-state index in [0.29, 0.717) is 36.4 Å². The topological polar surface area (TPSA) is 84.7 Å². The highest BCUT2D eigenvalue weighted by atomic mass is 79.9. The molecule has 2 heterocycles. The molecule has 1 aromatic heterocycles. The van der Waals surface area contributed by atoms with Crippen LogP contribution in [0, 0.1) is 0 Å². The number of hydrogen-bond donors (Lipinski definition) is 1.